The summed E-state index contributed by atoms with van der Waals surface area (Å²) in [6.45, 7) is 9.61. The first-order valence-corrected chi connectivity index (χ1v) is 4.74. The fourth-order valence-corrected chi connectivity index (χ4v) is 1.17. The van der Waals surface area contributed by atoms with Gasteiger partial charge in [0.1, 0.15) is 5.82 Å². The van der Waals surface area contributed by atoms with E-state index in [1.807, 2.05) is 6.20 Å². The van der Waals surface area contributed by atoms with Gasteiger partial charge < -0.3 is 5.32 Å². The van der Waals surface area contributed by atoms with Crippen molar-refractivity contribution in [2.24, 2.45) is 0 Å². The van der Waals surface area contributed by atoms with Crippen molar-refractivity contribution >= 4 is 5.82 Å². The van der Waals surface area contributed by atoms with Crippen LogP contribution in [0.4, 0.5) is 5.82 Å². The third-order valence-electron chi connectivity index (χ3n) is 1.98. The van der Waals surface area contributed by atoms with Gasteiger partial charge in [-0.1, -0.05) is 20.8 Å². The highest BCUT2D eigenvalue weighted by atomic mass is 15.0. The van der Waals surface area contributed by atoms with Crippen molar-refractivity contribution in [2.45, 2.75) is 33.1 Å². The lowest BCUT2D eigenvalue weighted by atomic mass is 9.88. The minimum absolute atomic E-state index is 0.201. The van der Waals surface area contributed by atoms with Crippen molar-refractivity contribution in [3.05, 3.63) is 23.9 Å². The van der Waals surface area contributed by atoms with E-state index in [9.17, 15) is 0 Å². The van der Waals surface area contributed by atoms with E-state index in [4.69, 9.17) is 0 Å². The number of nitrogens with zero attached hydrogens (tertiary/aromatic N) is 1. The predicted octanol–water partition coefficient (Wildman–Crippen LogP) is 2.81. The van der Waals surface area contributed by atoms with E-state index in [0.717, 1.165) is 12.4 Å². The van der Waals surface area contributed by atoms with E-state index >= 15 is 0 Å². The normalized spacial score (nSPS) is 11.4. The molecule has 0 saturated carbocycles. The van der Waals surface area contributed by atoms with Gasteiger partial charge in [0.25, 0.3) is 0 Å². The zero-order valence-corrected chi connectivity index (χ0v) is 8.89. The van der Waals surface area contributed by atoms with Crippen molar-refractivity contribution < 1.29 is 0 Å². The molecule has 1 aromatic heterocycles. The number of anilines is 1. The van der Waals surface area contributed by atoms with Gasteiger partial charge >= 0.3 is 0 Å². The Hall–Kier alpha value is -1.05. The molecular weight excluding hydrogens is 160 g/mol. The molecule has 2 heteroatoms. The third kappa shape index (κ3) is 2.72. The molecule has 0 aliphatic carbocycles. The van der Waals surface area contributed by atoms with Crippen LogP contribution in [0.15, 0.2) is 18.3 Å². The first-order chi connectivity index (χ1) is 6.04. The summed E-state index contributed by atoms with van der Waals surface area (Å²) < 4.78 is 0. The Morgan fingerprint density at radius 3 is 2.62 bits per heavy atom. The lowest BCUT2D eigenvalue weighted by Crippen LogP contribution is -2.12. The average Bonchev–Trinajstić information content (AvgIpc) is 2.04. The largest absolute Gasteiger partial charge is 0.370 e. The maximum atomic E-state index is 4.23. The van der Waals surface area contributed by atoms with Gasteiger partial charge in [0, 0.05) is 12.7 Å². The van der Waals surface area contributed by atoms with Crippen LogP contribution < -0.4 is 5.32 Å². The fraction of sp³-hybridized carbons (Fsp3) is 0.545. The highest BCUT2D eigenvalue weighted by Gasteiger charge is 2.13. The van der Waals surface area contributed by atoms with Crippen LogP contribution >= 0.6 is 0 Å². The molecule has 1 N–H and O–H groups in total. The molecule has 0 unspecified atom stereocenters. The first kappa shape index (κ1) is 10.0. The smallest absolute Gasteiger partial charge is 0.126 e. The quantitative estimate of drug-likeness (QED) is 0.753. The summed E-state index contributed by atoms with van der Waals surface area (Å²) in [5.41, 5.74) is 1.52. The lowest BCUT2D eigenvalue weighted by Gasteiger charge is -2.19. The van der Waals surface area contributed by atoms with Gasteiger partial charge in [-0.2, -0.15) is 0 Å². The zero-order valence-electron chi connectivity index (χ0n) is 8.89. The zero-order chi connectivity index (χ0) is 9.90. The van der Waals surface area contributed by atoms with Gasteiger partial charge in [-0.15, -0.1) is 0 Å². The molecule has 13 heavy (non-hydrogen) atoms. The number of hydrogen-bond donors (Lipinski definition) is 1. The second-order valence-electron chi connectivity index (χ2n) is 4.21. The Bertz CT molecular complexity index is 274. The molecule has 0 atom stereocenters. The number of aromatic nitrogens is 1. The molecule has 1 heterocycles. The number of hydrogen-bond acceptors (Lipinski definition) is 2. The summed E-state index contributed by atoms with van der Waals surface area (Å²) in [5.74, 6) is 0.968. The highest BCUT2D eigenvalue weighted by molar-refractivity contribution is 5.39. The number of pyridine rings is 1. The summed E-state index contributed by atoms with van der Waals surface area (Å²) in [4.78, 5) is 4.23. The molecule has 2 nitrogen and oxygen atoms in total. The van der Waals surface area contributed by atoms with Gasteiger partial charge in [-0.25, -0.2) is 4.98 Å². The first-order valence-electron chi connectivity index (χ1n) is 4.74. The summed E-state index contributed by atoms with van der Waals surface area (Å²) >= 11 is 0. The van der Waals surface area contributed by atoms with Crippen LogP contribution in [0.2, 0.25) is 0 Å². The number of nitrogens with one attached hydrogen (secondary N) is 1. The fourth-order valence-electron chi connectivity index (χ4n) is 1.17. The van der Waals surface area contributed by atoms with Gasteiger partial charge in [-0.3, -0.25) is 0 Å². The molecule has 1 rings (SSSR count). The summed E-state index contributed by atoms with van der Waals surface area (Å²) in [7, 11) is 0. The summed E-state index contributed by atoms with van der Waals surface area (Å²) in [5, 5.41) is 3.21. The predicted molar refractivity (Wildman–Crippen MR) is 57.1 cm³/mol. The van der Waals surface area contributed by atoms with Crippen LogP contribution in [0.3, 0.4) is 0 Å². The molecule has 0 fully saturated rings. The Kier molecular flexibility index (Phi) is 2.91. The van der Waals surface area contributed by atoms with Crippen molar-refractivity contribution in [1.82, 2.24) is 4.98 Å². The molecule has 0 saturated heterocycles. The van der Waals surface area contributed by atoms with Crippen molar-refractivity contribution in [3.8, 4) is 0 Å². The van der Waals surface area contributed by atoms with Crippen LogP contribution in [0.5, 0.6) is 0 Å². The van der Waals surface area contributed by atoms with E-state index < -0.39 is 0 Å². The maximum Gasteiger partial charge on any atom is 0.126 e. The molecule has 0 aliphatic heterocycles. The van der Waals surface area contributed by atoms with Gasteiger partial charge in [0.05, 0.1) is 0 Å². The van der Waals surface area contributed by atoms with E-state index in [2.05, 4.69) is 50.1 Å². The molecule has 0 amide bonds. The molecule has 1 aromatic rings. The Labute approximate surface area is 80.4 Å². The molecule has 72 valence electrons. The minimum Gasteiger partial charge on any atom is -0.370 e. The number of rotatable bonds is 2. The lowest BCUT2D eigenvalue weighted by molar-refractivity contribution is 0.589. The van der Waals surface area contributed by atoms with Crippen LogP contribution in [0, 0.1) is 0 Å². The SMILES string of the molecule is CCNc1cc(C(C)(C)C)ccn1. The van der Waals surface area contributed by atoms with E-state index in [1.54, 1.807) is 0 Å². The van der Waals surface area contributed by atoms with Crippen LogP contribution in [0.25, 0.3) is 0 Å². The molecule has 0 aromatic carbocycles. The Morgan fingerprint density at radius 1 is 1.38 bits per heavy atom. The maximum absolute atomic E-state index is 4.23. The highest BCUT2D eigenvalue weighted by Crippen LogP contribution is 2.23. The van der Waals surface area contributed by atoms with Crippen LogP contribution in [0.1, 0.15) is 33.3 Å². The topological polar surface area (TPSA) is 24.9 Å². The van der Waals surface area contributed by atoms with Crippen LogP contribution in [-0.4, -0.2) is 11.5 Å². The Morgan fingerprint density at radius 2 is 2.08 bits per heavy atom. The minimum atomic E-state index is 0.201. The molecule has 0 spiro atoms. The second-order valence-corrected chi connectivity index (χ2v) is 4.21. The van der Waals surface area contributed by atoms with Crippen LogP contribution in [-0.2, 0) is 5.41 Å². The van der Waals surface area contributed by atoms with Crippen molar-refractivity contribution in [3.63, 3.8) is 0 Å². The molecule has 0 aliphatic rings. The monoisotopic (exact) mass is 178 g/mol. The standard InChI is InChI=1S/C11H18N2/c1-5-12-10-8-9(6-7-13-10)11(2,3)4/h6-8H,5H2,1-4H3,(H,12,13). The molecule has 0 bridgehead atoms. The van der Waals surface area contributed by atoms with Gasteiger partial charge in [0.15, 0.2) is 0 Å². The summed E-state index contributed by atoms with van der Waals surface area (Å²) in [6, 6.07) is 4.18. The van der Waals surface area contributed by atoms with E-state index in [0.29, 0.717) is 0 Å². The van der Waals surface area contributed by atoms with E-state index in [1.165, 1.54) is 5.56 Å². The average molecular weight is 178 g/mol. The van der Waals surface area contributed by atoms with Crippen molar-refractivity contribution in [2.75, 3.05) is 11.9 Å². The molecule has 0 radical (unpaired) electrons. The molecular formula is C11H18N2. The van der Waals surface area contributed by atoms with Gasteiger partial charge in [-0.05, 0) is 30.0 Å². The van der Waals surface area contributed by atoms with E-state index in [-0.39, 0.29) is 5.41 Å². The van der Waals surface area contributed by atoms with Gasteiger partial charge in [0.2, 0.25) is 0 Å². The third-order valence-corrected chi connectivity index (χ3v) is 1.98. The summed E-state index contributed by atoms with van der Waals surface area (Å²) in [6.07, 6.45) is 1.86. The second kappa shape index (κ2) is 3.77. The Balaban J connectivity index is 2.92. The van der Waals surface area contributed by atoms with Crippen molar-refractivity contribution in [1.29, 1.82) is 0 Å².